The van der Waals surface area contributed by atoms with E-state index in [1.165, 1.54) is 12.1 Å². The highest BCUT2D eigenvalue weighted by Crippen LogP contribution is 2.27. The first-order valence-electron chi connectivity index (χ1n) is 9.08. The van der Waals surface area contributed by atoms with Crippen molar-refractivity contribution in [2.75, 3.05) is 0 Å². The summed E-state index contributed by atoms with van der Waals surface area (Å²) in [6.07, 6.45) is 1.85. The number of aromatic carboxylic acids is 1. The second-order valence-electron chi connectivity index (χ2n) is 6.80. The van der Waals surface area contributed by atoms with Gasteiger partial charge in [0.1, 0.15) is 24.0 Å². The smallest absolute Gasteiger partial charge is 0.335 e. The molecule has 0 atom stereocenters. The molecule has 4 nitrogen and oxygen atoms in total. The fourth-order valence-corrected chi connectivity index (χ4v) is 3.46. The zero-order valence-corrected chi connectivity index (χ0v) is 16.4. The summed E-state index contributed by atoms with van der Waals surface area (Å²) in [5.74, 6) is -1.78. The lowest BCUT2D eigenvalue weighted by Gasteiger charge is -2.14. The van der Waals surface area contributed by atoms with E-state index in [1.807, 2.05) is 16.8 Å². The molecule has 4 aromatic rings. The molecule has 0 unspecified atom stereocenters. The Morgan fingerprint density at radius 1 is 1.00 bits per heavy atom. The molecule has 0 aliphatic heterocycles. The van der Waals surface area contributed by atoms with Crippen LogP contribution in [0.15, 0.2) is 66.9 Å². The number of fused-ring (bicyclic) bond motifs is 1. The number of carboxylic acids is 1. The number of carboxylic acid groups (broad SMARTS) is 1. The Morgan fingerprint density at radius 2 is 1.83 bits per heavy atom. The Kier molecular flexibility index (Phi) is 5.42. The van der Waals surface area contributed by atoms with Crippen LogP contribution in [0, 0.1) is 11.6 Å². The number of halogens is 3. The zero-order valence-electron chi connectivity index (χ0n) is 15.6. The fraction of sp³-hybridized carbons (Fsp3) is 0.0870. The Hall–Kier alpha value is -3.38. The van der Waals surface area contributed by atoms with E-state index in [1.54, 1.807) is 36.4 Å². The van der Waals surface area contributed by atoms with Crippen LogP contribution >= 0.6 is 11.6 Å². The molecule has 4 rings (SSSR count). The van der Waals surface area contributed by atoms with Crippen LogP contribution in [-0.4, -0.2) is 15.6 Å². The molecule has 0 radical (unpaired) electrons. The molecule has 0 fully saturated rings. The van der Waals surface area contributed by atoms with Crippen LogP contribution in [-0.2, 0) is 13.2 Å². The third kappa shape index (κ3) is 4.14. The average molecular weight is 428 g/mol. The van der Waals surface area contributed by atoms with Gasteiger partial charge in [0.2, 0.25) is 0 Å². The summed E-state index contributed by atoms with van der Waals surface area (Å²) in [5, 5.41) is 10.5. The molecule has 0 aliphatic rings. The van der Waals surface area contributed by atoms with E-state index in [4.69, 9.17) is 21.4 Å². The van der Waals surface area contributed by atoms with Crippen molar-refractivity contribution in [3.8, 4) is 5.75 Å². The maximum atomic E-state index is 13.9. The summed E-state index contributed by atoms with van der Waals surface area (Å²) in [6.45, 7) is 0.354. The molecule has 1 aromatic heterocycles. The molecule has 1 heterocycles. The monoisotopic (exact) mass is 427 g/mol. The molecule has 0 aliphatic carbocycles. The van der Waals surface area contributed by atoms with Crippen molar-refractivity contribution in [1.29, 1.82) is 0 Å². The zero-order chi connectivity index (χ0) is 21.3. The van der Waals surface area contributed by atoms with Gasteiger partial charge in [-0.1, -0.05) is 11.6 Å². The molecule has 0 amide bonds. The Labute approximate surface area is 175 Å². The number of carbonyl (C=O) groups is 1. The standard InChI is InChI=1S/C23H16ClF2NO3/c24-18-3-6-22(30-13-16-1-4-19(25)11-20(16)26)17(10-18)12-27-8-7-14-9-15(23(28)29)2-5-21(14)27/h1-11H,12-13H2,(H,28,29). The van der Waals surface area contributed by atoms with Crippen LogP contribution in [0.4, 0.5) is 8.78 Å². The molecule has 0 spiro atoms. The number of aromatic nitrogens is 1. The van der Waals surface area contributed by atoms with Crippen LogP contribution < -0.4 is 4.74 Å². The average Bonchev–Trinajstić information content (AvgIpc) is 3.10. The van der Waals surface area contributed by atoms with Crippen LogP contribution in [0.2, 0.25) is 5.02 Å². The second-order valence-corrected chi connectivity index (χ2v) is 7.24. The van der Waals surface area contributed by atoms with E-state index in [0.717, 1.165) is 22.5 Å². The molecular weight excluding hydrogens is 412 g/mol. The maximum Gasteiger partial charge on any atom is 0.335 e. The Morgan fingerprint density at radius 3 is 2.60 bits per heavy atom. The summed E-state index contributed by atoms with van der Waals surface area (Å²) in [4.78, 5) is 11.2. The molecule has 30 heavy (non-hydrogen) atoms. The van der Waals surface area contributed by atoms with Gasteiger partial charge in [0.05, 0.1) is 12.1 Å². The minimum atomic E-state index is -0.983. The highest BCUT2D eigenvalue weighted by atomic mass is 35.5. The lowest BCUT2D eigenvalue weighted by molar-refractivity contribution is 0.0697. The summed E-state index contributed by atoms with van der Waals surface area (Å²) in [7, 11) is 0. The molecule has 0 saturated heterocycles. The van der Waals surface area contributed by atoms with Gasteiger partial charge < -0.3 is 14.4 Å². The first-order chi connectivity index (χ1) is 14.4. The van der Waals surface area contributed by atoms with Gasteiger partial charge in [-0.25, -0.2) is 13.6 Å². The summed E-state index contributed by atoms with van der Waals surface area (Å²) in [5.41, 5.74) is 2.08. The van der Waals surface area contributed by atoms with Crippen molar-refractivity contribution in [2.45, 2.75) is 13.2 Å². The van der Waals surface area contributed by atoms with Crippen LogP contribution in [0.25, 0.3) is 10.9 Å². The van der Waals surface area contributed by atoms with E-state index >= 15 is 0 Å². The molecule has 0 saturated carbocycles. The summed E-state index contributed by atoms with van der Waals surface area (Å²) in [6, 6.07) is 15.2. The molecule has 7 heteroatoms. The Bertz CT molecular complexity index is 1250. The number of ether oxygens (including phenoxy) is 1. The number of rotatable bonds is 6. The third-order valence-electron chi connectivity index (χ3n) is 4.78. The SMILES string of the molecule is O=C(O)c1ccc2c(ccn2Cc2cc(Cl)ccc2OCc2ccc(F)cc2F)c1. The molecule has 0 bridgehead atoms. The summed E-state index contributed by atoms with van der Waals surface area (Å²) < 4.78 is 34.7. The van der Waals surface area contributed by atoms with Gasteiger partial charge in [0.25, 0.3) is 0 Å². The Balaban J connectivity index is 1.61. The van der Waals surface area contributed by atoms with Gasteiger partial charge in [-0.15, -0.1) is 0 Å². The summed E-state index contributed by atoms with van der Waals surface area (Å²) >= 11 is 6.16. The predicted molar refractivity (Wildman–Crippen MR) is 110 cm³/mol. The van der Waals surface area contributed by atoms with Gasteiger partial charge >= 0.3 is 5.97 Å². The van der Waals surface area contributed by atoms with Crippen LogP contribution in [0.3, 0.4) is 0 Å². The quantitative estimate of drug-likeness (QED) is 0.417. The minimum Gasteiger partial charge on any atom is -0.488 e. The van der Waals surface area contributed by atoms with Crippen LogP contribution in [0.5, 0.6) is 5.75 Å². The van der Waals surface area contributed by atoms with Crippen molar-refractivity contribution in [2.24, 2.45) is 0 Å². The van der Waals surface area contributed by atoms with E-state index in [2.05, 4.69) is 0 Å². The third-order valence-corrected chi connectivity index (χ3v) is 5.01. The lowest BCUT2D eigenvalue weighted by Crippen LogP contribution is -2.04. The van der Waals surface area contributed by atoms with Crippen molar-refractivity contribution in [3.63, 3.8) is 0 Å². The van der Waals surface area contributed by atoms with Gasteiger partial charge in [-0.05, 0) is 54.6 Å². The number of hydrogen-bond acceptors (Lipinski definition) is 2. The van der Waals surface area contributed by atoms with Crippen molar-refractivity contribution in [1.82, 2.24) is 4.57 Å². The lowest BCUT2D eigenvalue weighted by atomic mass is 10.1. The van der Waals surface area contributed by atoms with E-state index in [0.29, 0.717) is 17.3 Å². The highest BCUT2D eigenvalue weighted by molar-refractivity contribution is 6.30. The molecule has 3 aromatic carbocycles. The molecular formula is C23H16ClF2NO3. The van der Waals surface area contributed by atoms with Gasteiger partial charge in [0, 0.05) is 39.3 Å². The van der Waals surface area contributed by atoms with E-state index in [-0.39, 0.29) is 17.7 Å². The highest BCUT2D eigenvalue weighted by Gasteiger charge is 2.12. The van der Waals surface area contributed by atoms with Crippen molar-refractivity contribution < 1.29 is 23.4 Å². The van der Waals surface area contributed by atoms with E-state index in [9.17, 15) is 13.6 Å². The van der Waals surface area contributed by atoms with Crippen LogP contribution in [0.1, 0.15) is 21.5 Å². The van der Waals surface area contributed by atoms with E-state index < -0.39 is 17.6 Å². The normalized spacial score (nSPS) is 11.0. The van der Waals surface area contributed by atoms with Gasteiger partial charge in [-0.3, -0.25) is 0 Å². The maximum absolute atomic E-state index is 13.9. The largest absolute Gasteiger partial charge is 0.488 e. The fourth-order valence-electron chi connectivity index (χ4n) is 3.26. The first-order valence-corrected chi connectivity index (χ1v) is 9.46. The number of benzene rings is 3. The minimum absolute atomic E-state index is 0.0604. The van der Waals surface area contributed by atoms with Crippen molar-refractivity contribution in [3.05, 3.63) is 100 Å². The topological polar surface area (TPSA) is 51.5 Å². The molecule has 152 valence electrons. The molecule has 1 N–H and O–H groups in total. The predicted octanol–water partition coefficient (Wildman–Crippen LogP) is 5.90. The van der Waals surface area contributed by atoms with Gasteiger partial charge in [-0.2, -0.15) is 0 Å². The second kappa shape index (κ2) is 8.16. The first kappa shape index (κ1) is 19.9. The number of nitrogens with zero attached hydrogens (tertiary/aromatic N) is 1. The number of hydrogen-bond donors (Lipinski definition) is 1. The van der Waals surface area contributed by atoms with Crippen molar-refractivity contribution >= 4 is 28.5 Å². The van der Waals surface area contributed by atoms with Gasteiger partial charge in [0.15, 0.2) is 0 Å².